The SMILES string of the molecule is CC(=O)C(C=O)(C(C)=O)C(C)=O.[AlH3]. The van der Waals surface area contributed by atoms with Gasteiger partial charge in [-0.15, -0.1) is 0 Å². The van der Waals surface area contributed by atoms with E-state index in [0.717, 1.165) is 20.8 Å². The smallest absolute Gasteiger partial charge is 0.199 e. The molecule has 0 bridgehead atoms. The average Bonchev–Trinajstić information content (AvgIpc) is 1.86. The van der Waals surface area contributed by atoms with Crippen LogP contribution in [-0.4, -0.2) is 41.0 Å². The quantitative estimate of drug-likeness (QED) is 0.323. The lowest BCUT2D eigenvalue weighted by atomic mass is 9.78. The number of aldehydes is 1. The largest absolute Gasteiger partial charge is 0.301 e. The minimum atomic E-state index is -2.06. The number of ketones is 3. The fraction of sp³-hybridized carbons (Fsp3) is 0.500. The fourth-order valence-corrected chi connectivity index (χ4v) is 0.993. The van der Waals surface area contributed by atoms with Crippen LogP contribution in [0.3, 0.4) is 0 Å². The molecule has 4 nitrogen and oxygen atoms in total. The van der Waals surface area contributed by atoms with Gasteiger partial charge in [0.05, 0.1) is 0 Å². The number of carbonyl (C=O) groups is 4. The second-order valence-corrected chi connectivity index (χ2v) is 2.59. The van der Waals surface area contributed by atoms with E-state index in [-0.39, 0.29) is 23.6 Å². The fourth-order valence-electron chi connectivity index (χ4n) is 0.993. The predicted octanol–water partition coefficient (Wildman–Crippen LogP) is -1.25. The summed E-state index contributed by atoms with van der Waals surface area (Å²) in [5.74, 6) is -2.17. The van der Waals surface area contributed by atoms with E-state index in [2.05, 4.69) is 0 Å². The lowest BCUT2D eigenvalue weighted by Crippen LogP contribution is -2.44. The van der Waals surface area contributed by atoms with Gasteiger partial charge in [0.2, 0.25) is 0 Å². The minimum absolute atomic E-state index is 0. The van der Waals surface area contributed by atoms with Crippen molar-refractivity contribution in [1.29, 1.82) is 0 Å². The summed E-state index contributed by atoms with van der Waals surface area (Å²) >= 11 is 0. The summed E-state index contributed by atoms with van der Waals surface area (Å²) in [6.07, 6.45) is 0.111. The van der Waals surface area contributed by atoms with Gasteiger partial charge < -0.3 is 4.79 Å². The van der Waals surface area contributed by atoms with Gasteiger partial charge in [0, 0.05) is 0 Å². The van der Waals surface area contributed by atoms with Crippen LogP contribution in [0.4, 0.5) is 0 Å². The predicted molar refractivity (Wildman–Crippen MR) is 50.5 cm³/mol. The Kier molecular flexibility index (Phi) is 5.72. The van der Waals surface area contributed by atoms with E-state index in [4.69, 9.17) is 0 Å². The molecule has 0 atom stereocenters. The third-order valence-corrected chi connectivity index (χ3v) is 1.84. The van der Waals surface area contributed by atoms with E-state index in [1.54, 1.807) is 0 Å². The molecule has 0 rings (SSSR count). The van der Waals surface area contributed by atoms with Gasteiger partial charge in [0.25, 0.3) is 0 Å². The van der Waals surface area contributed by atoms with Crippen molar-refractivity contribution in [3.63, 3.8) is 0 Å². The molecule has 13 heavy (non-hydrogen) atoms. The Hall–Kier alpha value is -0.788. The van der Waals surface area contributed by atoms with Gasteiger partial charge in [-0.25, -0.2) is 0 Å². The van der Waals surface area contributed by atoms with Crippen LogP contribution in [0.5, 0.6) is 0 Å². The highest BCUT2D eigenvalue weighted by atomic mass is 27.0. The molecule has 0 aliphatic rings. The molecular weight excluding hydrogens is 187 g/mol. The lowest BCUT2D eigenvalue weighted by Gasteiger charge is -2.17. The molecule has 0 amide bonds. The molecule has 0 saturated carbocycles. The Morgan fingerprint density at radius 1 is 0.923 bits per heavy atom. The molecule has 0 aromatic carbocycles. The van der Waals surface area contributed by atoms with Crippen molar-refractivity contribution >= 4 is 41.0 Å². The lowest BCUT2D eigenvalue weighted by molar-refractivity contribution is -0.148. The van der Waals surface area contributed by atoms with Crippen LogP contribution < -0.4 is 0 Å². The zero-order chi connectivity index (χ0) is 9.94. The van der Waals surface area contributed by atoms with E-state index in [0.29, 0.717) is 0 Å². The van der Waals surface area contributed by atoms with Crippen molar-refractivity contribution in [2.45, 2.75) is 20.8 Å². The van der Waals surface area contributed by atoms with E-state index >= 15 is 0 Å². The molecule has 0 aromatic rings. The van der Waals surface area contributed by atoms with Crippen molar-refractivity contribution in [1.82, 2.24) is 0 Å². The zero-order valence-electron chi connectivity index (χ0n) is 7.21. The maximum Gasteiger partial charge on any atom is 0.199 e. The Balaban J connectivity index is 0. The van der Waals surface area contributed by atoms with Crippen LogP contribution in [0.1, 0.15) is 20.8 Å². The summed E-state index contributed by atoms with van der Waals surface area (Å²) in [7, 11) is 0. The molecule has 0 heterocycles. The van der Waals surface area contributed by atoms with Crippen LogP contribution >= 0.6 is 0 Å². The van der Waals surface area contributed by atoms with Crippen LogP contribution in [0.25, 0.3) is 0 Å². The Labute approximate surface area is 86.8 Å². The van der Waals surface area contributed by atoms with Gasteiger partial charge >= 0.3 is 0 Å². The molecule has 0 N–H and O–H groups in total. The molecule has 72 valence electrons. The van der Waals surface area contributed by atoms with Gasteiger partial charge in [-0.1, -0.05) is 0 Å². The van der Waals surface area contributed by atoms with Crippen molar-refractivity contribution in [2.24, 2.45) is 5.41 Å². The summed E-state index contributed by atoms with van der Waals surface area (Å²) < 4.78 is 0. The first-order valence-corrected chi connectivity index (χ1v) is 3.39. The Morgan fingerprint density at radius 3 is 1.15 bits per heavy atom. The highest BCUT2D eigenvalue weighted by Crippen LogP contribution is 2.18. The molecule has 0 aromatic heterocycles. The normalized spacial score (nSPS) is 9.77. The first-order chi connectivity index (χ1) is 5.39. The maximum absolute atomic E-state index is 10.9. The van der Waals surface area contributed by atoms with Crippen molar-refractivity contribution in [3.8, 4) is 0 Å². The van der Waals surface area contributed by atoms with Crippen LogP contribution in [0, 0.1) is 5.41 Å². The Morgan fingerprint density at radius 2 is 1.15 bits per heavy atom. The second kappa shape index (κ2) is 5.05. The molecule has 0 spiro atoms. The van der Waals surface area contributed by atoms with E-state index < -0.39 is 22.8 Å². The Bertz CT molecular complexity index is 221. The summed E-state index contributed by atoms with van der Waals surface area (Å²) in [6, 6.07) is 0. The second-order valence-electron chi connectivity index (χ2n) is 2.59. The molecule has 0 saturated heterocycles. The molecular formula is C8H13AlO4. The van der Waals surface area contributed by atoms with Gasteiger partial charge in [-0.2, -0.15) is 0 Å². The van der Waals surface area contributed by atoms with Crippen LogP contribution in [0.15, 0.2) is 0 Å². The van der Waals surface area contributed by atoms with Crippen LogP contribution in [0.2, 0.25) is 0 Å². The topological polar surface area (TPSA) is 68.3 Å². The maximum atomic E-state index is 10.9. The third-order valence-electron chi connectivity index (χ3n) is 1.84. The first kappa shape index (κ1) is 14.7. The molecule has 0 aliphatic carbocycles. The third kappa shape index (κ3) is 2.33. The highest BCUT2D eigenvalue weighted by Gasteiger charge is 2.45. The van der Waals surface area contributed by atoms with E-state index in [9.17, 15) is 19.2 Å². The van der Waals surface area contributed by atoms with E-state index in [1.165, 1.54) is 0 Å². The summed E-state index contributed by atoms with van der Waals surface area (Å²) in [6.45, 7) is 3.16. The monoisotopic (exact) mass is 200 g/mol. The van der Waals surface area contributed by atoms with Gasteiger partial charge in [0.1, 0.15) is 6.29 Å². The zero-order valence-corrected chi connectivity index (χ0v) is 7.21. The van der Waals surface area contributed by atoms with Gasteiger partial charge in [-0.05, 0) is 20.8 Å². The van der Waals surface area contributed by atoms with Gasteiger partial charge in [0.15, 0.2) is 40.1 Å². The van der Waals surface area contributed by atoms with Gasteiger partial charge in [-0.3, -0.25) is 14.4 Å². The summed E-state index contributed by atoms with van der Waals surface area (Å²) in [5.41, 5.74) is -2.06. The standard InChI is InChI=1S/C8H10O4.Al.3H/c1-5(10)8(4-9,6(2)11)7(3)12;;;;/h4H,1-3H3;;;;. The molecule has 0 aliphatic heterocycles. The van der Waals surface area contributed by atoms with Crippen molar-refractivity contribution < 1.29 is 19.2 Å². The number of hydrogen-bond donors (Lipinski definition) is 0. The number of rotatable bonds is 4. The first-order valence-electron chi connectivity index (χ1n) is 3.39. The summed E-state index contributed by atoms with van der Waals surface area (Å²) in [4.78, 5) is 43.2. The molecule has 0 unspecified atom stereocenters. The summed E-state index contributed by atoms with van der Waals surface area (Å²) in [5, 5.41) is 0. The molecule has 0 fully saturated rings. The van der Waals surface area contributed by atoms with E-state index in [1.807, 2.05) is 0 Å². The van der Waals surface area contributed by atoms with Crippen LogP contribution in [-0.2, 0) is 19.2 Å². The molecule has 5 heteroatoms. The molecule has 0 radical (unpaired) electrons. The van der Waals surface area contributed by atoms with Crippen molar-refractivity contribution in [3.05, 3.63) is 0 Å². The average molecular weight is 200 g/mol. The highest BCUT2D eigenvalue weighted by molar-refractivity contribution is 6.33. The number of Topliss-reactive ketones (excluding diaryl/α,β-unsaturated/α-hetero) is 3. The minimum Gasteiger partial charge on any atom is -0.301 e. The number of carbonyl (C=O) groups excluding carboxylic acids is 4. The number of hydrogen-bond acceptors (Lipinski definition) is 4. The van der Waals surface area contributed by atoms with Crippen molar-refractivity contribution in [2.75, 3.05) is 0 Å².